The van der Waals surface area contributed by atoms with Crippen molar-refractivity contribution in [1.82, 2.24) is 0 Å². The van der Waals surface area contributed by atoms with Crippen LogP contribution in [-0.4, -0.2) is 31.4 Å². The number of nitrogens with two attached hydrogens (primary N) is 2. The number of Topliss-reactive ketones (excluding diaryl/α,β-unsaturated/α-hetero) is 1. The Kier molecular flexibility index (Phi) is 5.11. The summed E-state index contributed by atoms with van der Waals surface area (Å²) in [6.07, 6.45) is 0. The Morgan fingerprint density at radius 3 is 2.61 bits per heavy atom. The molecule has 0 fully saturated rings. The summed E-state index contributed by atoms with van der Waals surface area (Å²) < 4.78 is 5.17. The van der Waals surface area contributed by atoms with Crippen LogP contribution in [0.1, 0.15) is 33.9 Å². The van der Waals surface area contributed by atoms with Crippen LogP contribution in [0, 0.1) is 0 Å². The Hall–Kier alpha value is -1.60. The SMILES string of the molecule is CCOCCNc1sc(C(C)=O)c(N)c1C(N)=O. The third-order valence-electron chi connectivity index (χ3n) is 2.25. The maximum Gasteiger partial charge on any atom is 0.253 e. The first kappa shape index (κ1) is 14.5. The first-order valence-corrected chi connectivity index (χ1v) is 6.35. The quantitative estimate of drug-likeness (QED) is 0.508. The van der Waals surface area contributed by atoms with Crippen LogP contribution >= 0.6 is 11.3 Å². The Morgan fingerprint density at radius 2 is 2.11 bits per heavy atom. The fourth-order valence-electron chi connectivity index (χ4n) is 1.46. The van der Waals surface area contributed by atoms with Crippen molar-refractivity contribution in [2.24, 2.45) is 5.73 Å². The smallest absolute Gasteiger partial charge is 0.253 e. The standard InChI is InChI=1S/C11H17N3O3S/c1-3-17-5-4-14-11-7(10(13)16)8(12)9(18-11)6(2)15/h14H,3-5,12H2,1-2H3,(H2,13,16). The fraction of sp³-hybridized carbons (Fsp3) is 0.455. The van der Waals surface area contributed by atoms with E-state index in [4.69, 9.17) is 16.2 Å². The number of carbonyl (C=O) groups is 2. The van der Waals surface area contributed by atoms with Gasteiger partial charge in [0.25, 0.3) is 5.91 Å². The van der Waals surface area contributed by atoms with Crippen molar-refractivity contribution < 1.29 is 14.3 Å². The zero-order valence-corrected chi connectivity index (χ0v) is 11.2. The minimum atomic E-state index is -0.643. The van der Waals surface area contributed by atoms with Gasteiger partial charge in [-0.25, -0.2) is 0 Å². The minimum Gasteiger partial charge on any atom is -0.397 e. The van der Waals surface area contributed by atoms with Crippen molar-refractivity contribution in [1.29, 1.82) is 0 Å². The molecule has 0 saturated carbocycles. The van der Waals surface area contributed by atoms with Gasteiger partial charge in [0.2, 0.25) is 0 Å². The molecule has 7 heteroatoms. The van der Waals surface area contributed by atoms with E-state index in [0.29, 0.717) is 29.6 Å². The van der Waals surface area contributed by atoms with Crippen molar-refractivity contribution in [3.8, 4) is 0 Å². The van der Waals surface area contributed by atoms with Crippen LogP contribution in [0.25, 0.3) is 0 Å². The number of carbonyl (C=O) groups excluding carboxylic acids is 2. The summed E-state index contributed by atoms with van der Waals surface area (Å²) in [4.78, 5) is 23.0. The van der Waals surface area contributed by atoms with E-state index >= 15 is 0 Å². The molecule has 0 bridgehead atoms. The second kappa shape index (κ2) is 6.36. The van der Waals surface area contributed by atoms with Crippen LogP contribution in [0.4, 0.5) is 10.7 Å². The summed E-state index contributed by atoms with van der Waals surface area (Å²) >= 11 is 1.14. The molecular weight excluding hydrogens is 254 g/mol. The van der Waals surface area contributed by atoms with Gasteiger partial charge in [-0.15, -0.1) is 11.3 Å². The molecule has 100 valence electrons. The molecule has 1 rings (SSSR count). The van der Waals surface area contributed by atoms with Gasteiger partial charge in [0.15, 0.2) is 5.78 Å². The van der Waals surface area contributed by atoms with E-state index < -0.39 is 5.91 Å². The predicted octanol–water partition coefficient (Wildman–Crippen LogP) is 1.08. The zero-order valence-electron chi connectivity index (χ0n) is 10.4. The van der Waals surface area contributed by atoms with E-state index in [9.17, 15) is 9.59 Å². The maximum atomic E-state index is 11.4. The normalized spacial score (nSPS) is 10.3. The molecule has 0 unspecified atom stereocenters. The van der Waals surface area contributed by atoms with Crippen molar-refractivity contribution >= 4 is 33.7 Å². The number of hydrogen-bond donors (Lipinski definition) is 3. The van der Waals surface area contributed by atoms with Gasteiger partial charge in [0.1, 0.15) is 5.00 Å². The number of nitrogen functional groups attached to an aromatic ring is 1. The lowest BCUT2D eigenvalue weighted by atomic mass is 10.2. The molecular formula is C11H17N3O3S. The van der Waals surface area contributed by atoms with E-state index in [1.807, 2.05) is 6.92 Å². The second-order valence-corrected chi connectivity index (χ2v) is 4.61. The van der Waals surface area contributed by atoms with Gasteiger partial charge in [-0.1, -0.05) is 0 Å². The van der Waals surface area contributed by atoms with E-state index in [-0.39, 0.29) is 17.0 Å². The number of ether oxygens (including phenoxy) is 1. The molecule has 1 aromatic rings. The molecule has 0 spiro atoms. The number of ketones is 1. The number of primary amides is 1. The van der Waals surface area contributed by atoms with Crippen LogP contribution < -0.4 is 16.8 Å². The van der Waals surface area contributed by atoms with Crippen LogP contribution in [0.15, 0.2) is 0 Å². The Morgan fingerprint density at radius 1 is 1.44 bits per heavy atom. The van der Waals surface area contributed by atoms with Crippen LogP contribution in [0.5, 0.6) is 0 Å². The summed E-state index contributed by atoms with van der Waals surface area (Å²) in [5, 5.41) is 3.52. The van der Waals surface area contributed by atoms with Gasteiger partial charge < -0.3 is 21.5 Å². The highest BCUT2D eigenvalue weighted by atomic mass is 32.1. The third kappa shape index (κ3) is 3.21. The maximum absolute atomic E-state index is 11.4. The molecule has 5 N–H and O–H groups in total. The van der Waals surface area contributed by atoms with E-state index in [1.165, 1.54) is 6.92 Å². The molecule has 18 heavy (non-hydrogen) atoms. The molecule has 0 aromatic carbocycles. The molecule has 0 saturated heterocycles. The zero-order chi connectivity index (χ0) is 13.7. The molecule has 1 aromatic heterocycles. The number of anilines is 2. The van der Waals surface area contributed by atoms with Crippen LogP contribution in [0.2, 0.25) is 0 Å². The third-order valence-corrected chi connectivity index (χ3v) is 3.51. The van der Waals surface area contributed by atoms with Crippen molar-refractivity contribution in [3.63, 3.8) is 0 Å². The van der Waals surface area contributed by atoms with E-state index in [0.717, 1.165) is 11.3 Å². The Bertz CT molecular complexity index is 457. The average Bonchev–Trinajstić information content (AvgIpc) is 2.62. The summed E-state index contributed by atoms with van der Waals surface area (Å²) in [5.74, 6) is -0.826. The highest BCUT2D eigenvalue weighted by molar-refractivity contribution is 7.19. The molecule has 0 aliphatic heterocycles. The molecule has 0 radical (unpaired) electrons. The fourth-order valence-corrected chi connectivity index (χ4v) is 2.50. The van der Waals surface area contributed by atoms with Crippen LogP contribution in [-0.2, 0) is 4.74 Å². The van der Waals surface area contributed by atoms with Gasteiger partial charge >= 0.3 is 0 Å². The number of hydrogen-bond acceptors (Lipinski definition) is 6. The van der Waals surface area contributed by atoms with Crippen molar-refractivity contribution in [2.75, 3.05) is 30.8 Å². The second-order valence-electron chi connectivity index (χ2n) is 3.59. The highest BCUT2D eigenvalue weighted by Gasteiger charge is 2.21. The lowest BCUT2D eigenvalue weighted by Gasteiger charge is -2.05. The monoisotopic (exact) mass is 271 g/mol. The number of rotatable bonds is 7. The van der Waals surface area contributed by atoms with Gasteiger partial charge in [-0.2, -0.15) is 0 Å². The molecule has 0 aliphatic carbocycles. The largest absolute Gasteiger partial charge is 0.397 e. The summed E-state index contributed by atoms with van der Waals surface area (Å²) in [5.41, 5.74) is 11.4. The Labute approximate surface area is 109 Å². The topological polar surface area (TPSA) is 107 Å². The first-order chi connectivity index (χ1) is 8.49. The summed E-state index contributed by atoms with van der Waals surface area (Å²) in [6, 6.07) is 0. The molecule has 0 aliphatic rings. The van der Waals surface area contributed by atoms with Crippen molar-refractivity contribution in [2.45, 2.75) is 13.8 Å². The highest BCUT2D eigenvalue weighted by Crippen LogP contribution is 2.35. The van der Waals surface area contributed by atoms with E-state index in [2.05, 4.69) is 5.32 Å². The molecule has 1 heterocycles. The average molecular weight is 271 g/mol. The number of amides is 1. The molecule has 1 amide bonds. The van der Waals surface area contributed by atoms with Crippen molar-refractivity contribution in [3.05, 3.63) is 10.4 Å². The summed E-state index contributed by atoms with van der Waals surface area (Å²) in [6.45, 7) is 4.94. The van der Waals surface area contributed by atoms with Gasteiger partial charge in [-0.3, -0.25) is 9.59 Å². The predicted molar refractivity (Wildman–Crippen MR) is 72.2 cm³/mol. The van der Waals surface area contributed by atoms with Gasteiger partial charge in [0, 0.05) is 20.1 Å². The first-order valence-electron chi connectivity index (χ1n) is 5.53. The van der Waals surface area contributed by atoms with Gasteiger partial charge in [-0.05, 0) is 6.92 Å². The molecule has 6 nitrogen and oxygen atoms in total. The van der Waals surface area contributed by atoms with E-state index in [1.54, 1.807) is 0 Å². The number of thiophene rings is 1. The minimum absolute atomic E-state index is 0.152. The Balaban J connectivity index is 2.92. The lowest BCUT2D eigenvalue weighted by molar-refractivity contribution is 0.100. The lowest BCUT2D eigenvalue weighted by Crippen LogP contribution is -2.16. The molecule has 0 atom stereocenters. The summed E-state index contributed by atoms with van der Waals surface area (Å²) in [7, 11) is 0. The number of nitrogens with one attached hydrogen (secondary N) is 1. The van der Waals surface area contributed by atoms with Crippen LogP contribution in [0.3, 0.4) is 0 Å². The van der Waals surface area contributed by atoms with Gasteiger partial charge in [0.05, 0.1) is 22.7 Å².